The molecule has 7 rings (SSSR count). The maximum Gasteiger partial charge on any atom is 0.313 e. The number of halogens is 1. The van der Waals surface area contributed by atoms with Crippen molar-refractivity contribution in [3.63, 3.8) is 0 Å². The summed E-state index contributed by atoms with van der Waals surface area (Å²) in [5.41, 5.74) is 0.557. The van der Waals surface area contributed by atoms with Crippen molar-refractivity contribution in [2.75, 3.05) is 18.1 Å². The van der Waals surface area contributed by atoms with E-state index in [2.05, 4.69) is 5.32 Å². The van der Waals surface area contributed by atoms with Gasteiger partial charge in [0, 0.05) is 23.7 Å². The number of hydrogen-bond acceptors (Lipinski definition) is 7. The van der Waals surface area contributed by atoms with Gasteiger partial charge in [-0.2, -0.15) is 0 Å². The van der Waals surface area contributed by atoms with Crippen molar-refractivity contribution in [3.8, 4) is 0 Å². The van der Waals surface area contributed by atoms with E-state index < -0.39 is 72.2 Å². The van der Waals surface area contributed by atoms with Crippen LogP contribution in [0.2, 0.25) is 5.02 Å². The predicted molar refractivity (Wildman–Crippen MR) is 190 cm³/mol. The van der Waals surface area contributed by atoms with Crippen LogP contribution in [-0.4, -0.2) is 76.7 Å². The van der Waals surface area contributed by atoms with E-state index in [4.69, 9.17) is 21.1 Å². The largest absolute Gasteiger partial charge is 0.455 e. The molecule has 3 amide bonds. The second kappa shape index (κ2) is 14.5. The van der Waals surface area contributed by atoms with Crippen molar-refractivity contribution < 1.29 is 33.8 Å². The van der Waals surface area contributed by atoms with Gasteiger partial charge in [0.25, 0.3) is 5.91 Å². The maximum absolute atomic E-state index is 15.0. The molecule has 0 unspecified atom stereocenters. The number of hydrogen-bond donors (Lipinski definition) is 2. The molecular weight excluding hydrogens is 670 g/mol. The Balaban J connectivity index is 1.34. The summed E-state index contributed by atoms with van der Waals surface area (Å²) in [5, 5.41) is 14.3. The molecular formula is C40H40ClN3O7. The molecule has 0 saturated carbocycles. The number of anilines is 1. The molecule has 3 aromatic carbocycles. The number of rotatable bonds is 6. The average Bonchev–Trinajstić information content (AvgIpc) is 3.53. The van der Waals surface area contributed by atoms with Crippen LogP contribution in [0.25, 0.3) is 0 Å². The number of aliphatic hydroxyl groups excluding tert-OH is 1. The van der Waals surface area contributed by atoms with Crippen molar-refractivity contribution in [3.05, 3.63) is 125 Å². The fourth-order valence-corrected chi connectivity index (χ4v) is 8.15. The summed E-state index contributed by atoms with van der Waals surface area (Å²) in [6.07, 6.45) is 6.07. The van der Waals surface area contributed by atoms with E-state index in [1.165, 1.54) is 4.90 Å². The lowest BCUT2D eigenvalue weighted by molar-refractivity contribution is -0.161. The number of esters is 1. The number of fused-ring (bicyclic) bond motifs is 2. The molecule has 0 radical (unpaired) electrons. The van der Waals surface area contributed by atoms with Gasteiger partial charge in [0.2, 0.25) is 11.8 Å². The molecule has 264 valence electrons. The van der Waals surface area contributed by atoms with Crippen LogP contribution in [0.1, 0.15) is 37.0 Å². The molecule has 51 heavy (non-hydrogen) atoms. The van der Waals surface area contributed by atoms with Crippen LogP contribution in [0.4, 0.5) is 5.69 Å². The second-order valence-corrected chi connectivity index (χ2v) is 14.0. The highest BCUT2D eigenvalue weighted by atomic mass is 35.5. The van der Waals surface area contributed by atoms with Crippen molar-refractivity contribution >= 4 is 41.0 Å². The molecule has 2 N–H and O–H groups in total. The van der Waals surface area contributed by atoms with E-state index >= 15 is 4.79 Å². The summed E-state index contributed by atoms with van der Waals surface area (Å²) in [7, 11) is 0. The van der Waals surface area contributed by atoms with Gasteiger partial charge in [0.1, 0.15) is 23.7 Å². The van der Waals surface area contributed by atoms with Crippen LogP contribution in [0.3, 0.4) is 0 Å². The van der Waals surface area contributed by atoms with Crippen LogP contribution >= 0.6 is 11.6 Å². The molecule has 10 nitrogen and oxygen atoms in total. The number of nitrogens with one attached hydrogen (secondary N) is 1. The van der Waals surface area contributed by atoms with Crippen LogP contribution in [0, 0.1) is 11.8 Å². The van der Waals surface area contributed by atoms with Gasteiger partial charge in [-0.15, -0.1) is 0 Å². The smallest absolute Gasteiger partial charge is 0.313 e. The number of cyclic esters (lactones) is 1. The lowest BCUT2D eigenvalue weighted by Gasteiger charge is -2.38. The van der Waals surface area contributed by atoms with Gasteiger partial charge in [-0.1, -0.05) is 96.6 Å². The van der Waals surface area contributed by atoms with Crippen LogP contribution in [0.15, 0.2) is 109 Å². The molecule has 4 aliphatic rings. The lowest BCUT2D eigenvalue weighted by Crippen LogP contribution is -2.58. The lowest BCUT2D eigenvalue weighted by atomic mass is 9.77. The number of carbonyl (C=O) groups excluding carboxylic acids is 4. The second-order valence-electron chi connectivity index (χ2n) is 13.5. The number of aliphatic hydroxyl groups is 1. The molecule has 4 heterocycles. The Morgan fingerprint density at radius 1 is 0.941 bits per heavy atom. The molecule has 11 heteroatoms. The Hall–Kier alpha value is -4.77. The van der Waals surface area contributed by atoms with Gasteiger partial charge >= 0.3 is 5.97 Å². The summed E-state index contributed by atoms with van der Waals surface area (Å²) >= 11 is 6.19. The first-order valence-electron chi connectivity index (χ1n) is 17.3. The highest BCUT2D eigenvalue weighted by molar-refractivity contribution is 6.30. The van der Waals surface area contributed by atoms with Gasteiger partial charge in [0.15, 0.2) is 0 Å². The molecule has 4 aliphatic heterocycles. The van der Waals surface area contributed by atoms with E-state index in [0.717, 1.165) is 5.56 Å². The number of ether oxygens (including phenoxy) is 2. The van der Waals surface area contributed by atoms with E-state index in [0.29, 0.717) is 22.7 Å². The normalized spacial score (nSPS) is 30.6. The van der Waals surface area contributed by atoms with Gasteiger partial charge in [-0.05, 0) is 55.2 Å². The minimum Gasteiger partial charge on any atom is -0.455 e. The zero-order valence-corrected chi connectivity index (χ0v) is 28.9. The zero-order valence-electron chi connectivity index (χ0n) is 28.1. The van der Waals surface area contributed by atoms with Crippen LogP contribution in [-0.2, 0) is 35.1 Å². The summed E-state index contributed by atoms with van der Waals surface area (Å²) < 4.78 is 13.1. The fourth-order valence-electron chi connectivity index (χ4n) is 8.03. The standard InChI is InChI=1S/C40H40ClN3O7/c1-25-35(27-13-6-3-7-14-27)50-39(49)33-31(15-8-9-16-32(46)42-25)51-40-21-10-22-43(29-19-17-28(41)18-20-29)38(48)36(40)44(37(47)34(33)40)30(24-45)23-26-11-4-2-5-12-26/h2-8,10-15,17-21,25,30-31,33-36,45H,9,16,22-24H2,1H3,(H,42,46)/b15-8-/t25-,30+,31-,33+,34+,35+,36-,40+/m0/s1. The zero-order chi connectivity index (χ0) is 35.7. The van der Waals surface area contributed by atoms with Crippen molar-refractivity contribution in [1.29, 1.82) is 0 Å². The minimum atomic E-state index is -1.57. The first-order chi connectivity index (χ1) is 24.7. The molecule has 8 atom stereocenters. The molecule has 0 aliphatic carbocycles. The topological polar surface area (TPSA) is 125 Å². The summed E-state index contributed by atoms with van der Waals surface area (Å²) in [6, 6.07) is 22.8. The number of allylic oxidation sites excluding steroid dienone is 1. The number of nitrogens with zero attached hydrogens (tertiary/aromatic N) is 2. The third-order valence-electron chi connectivity index (χ3n) is 10.3. The average molecular weight is 710 g/mol. The third-order valence-corrected chi connectivity index (χ3v) is 10.6. The highest BCUT2D eigenvalue weighted by Gasteiger charge is 2.72. The Morgan fingerprint density at radius 3 is 2.35 bits per heavy atom. The van der Waals surface area contributed by atoms with E-state index in [-0.39, 0.29) is 25.3 Å². The van der Waals surface area contributed by atoms with Crippen LogP contribution in [0.5, 0.6) is 0 Å². The van der Waals surface area contributed by atoms with Gasteiger partial charge in [-0.25, -0.2) is 0 Å². The van der Waals surface area contributed by atoms with E-state index in [1.807, 2.05) is 60.7 Å². The molecule has 2 saturated heterocycles. The van der Waals surface area contributed by atoms with Crippen molar-refractivity contribution in [2.24, 2.45) is 11.8 Å². The van der Waals surface area contributed by atoms with Gasteiger partial charge < -0.3 is 29.7 Å². The first-order valence-corrected chi connectivity index (χ1v) is 17.7. The minimum absolute atomic E-state index is 0.177. The van der Waals surface area contributed by atoms with Crippen molar-refractivity contribution in [2.45, 2.75) is 62.1 Å². The quantitative estimate of drug-likeness (QED) is 0.284. The molecule has 0 aromatic heterocycles. The number of carbonyl (C=O) groups is 4. The predicted octanol–water partition coefficient (Wildman–Crippen LogP) is 4.57. The monoisotopic (exact) mass is 709 g/mol. The molecule has 1 spiro atoms. The molecule has 3 aromatic rings. The first kappa shape index (κ1) is 34.7. The summed E-state index contributed by atoms with van der Waals surface area (Å²) in [4.78, 5) is 60.4. The SMILES string of the molecule is C[C@@H]1NC(=O)CC/C=C\[C@@H]2O[C@@]34C=CCN(c5ccc(Cl)cc5)C(=O)[C@@H]3N([C@@H](CO)Cc3ccccc3)C(=O)[C@H]4[C@@H]2C(=O)O[C@H]1c1ccccc1. The Labute approximate surface area is 301 Å². The Morgan fingerprint density at radius 2 is 1.65 bits per heavy atom. The maximum atomic E-state index is 15.0. The highest BCUT2D eigenvalue weighted by Crippen LogP contribution is 2.54. The summed E-state index contributed by atoms with van der Waals surface area (Å²) in [6.45, 7) is 1.53. The Bertz CT molecular complexity index is 1840. The number of benzene rings is 3. The number of likely N-dealkylation sites (tertiary alicyclic amines) is 1. The fraction of sp³-hybridized carbons (Fsp3) is 0.350. The van der Waals surface area contributed by atoms with Gasteiger partial charge in [0.05, 0.1) is 30.7 Å². The Kier molecular flexibility index (Phi) is 9.83. The summed E-state index contributed by atoms with van der Waals surface area (Å²) in [5.74, 6) is -4.05. The van der Waals surface area contributed by atoms with Crippen LogP contribution < -0.4 is 10.2 Å². The number of amides is 3. The molecule has 2 fully saturated rings. The third kappa shape index (κ3) is 6.48. The van der Waals surface area contributed by atoms with Crippen molar-refractivity contribution in [1.82, 2.24) is 10.2 Å². The van der Waals surface area contributed by atoms with Gasteiger partial charge in [-0.3, -0.25) is 19.2 Å². The molecule has 0 bridgehead atoms. The van der Waals surface area contributed by atoms with E-state index in [1.54, 1.807) is 60.4 Å². The van der Waals surface area contributed by atoms with E-state index in [9.17, 15) is 19.5 Å².